The number of hydrogen-bond acceptors (Lipinski definition) is 4. The fourth-order valence-electron chi connectivity index (χ4n) is 2.01. The number of urea groups is 1. The van der Waals surface area contributed by atoms with E-state index in [0.29, 0.717) is 12.2 Å². The molecule has 0 aliphatic carbocycles. The Morgan fingerprint density at radius 3 is 2.40 bits per heavy atom. The highest BCUT2D eigenvalue weighted by molar-refractivity contribution is 5.93. The molecular formula is C18H27N3O4. The second kappa shape index (κ2) is 11.1. The third-order valence-electron chi connectivity index (χ3n) is 3.44. The summed E-state index contributed by atoms with van der Waals surface area (Å²) < 4.78 is 5.02. The first-order valence-corrected chi connectivity index (χ1v) is 8.50. The highest BCUT2D eigenvalue weighted by atomic mass is 16.5. The maximum atomic E-state index is 12.2. The third-order valence-corrected chi connectivity index (χ3v) is 3.44. The van der Waals surface area contributed by atoms with E-state index in [0.717, 1.165) is 12.8 Å². The van der Waals surface area contributed by atoms with Gasteiger partial charge in [0.15, 0.2) is 6.61 Å². The molecule has 138 valence electrons. The van der Waals surface area contributed by atoms with Gasteiger partial charge in [-0.2, -0.15) is 0 Å². The lowest BCUT2D eigenvalue weighted by Crippen LogP contribution is -2.47. The molecule has 0 saturated carbocycles. The third kappa shape index (κ3) is 8.19. The minimum absolute atomic E-state index is 0.183. The first-order chi connectivity index (χ1) is 11.9. The van der Waals surface area contributed by atoms with Gasteiger partial charge in [0.25, 0.3) is 5.91 Å². The fourth-order valence-corrected chi connectivity index (χ4v) is 2.01. The van der Waals surface area contributed by atoms with Crippen LogP contribution in [0.15, 0.2) is 30.3 Å². The summed E-state index contributed by atoms with van der Waals surface area (Å²) in [5.74, 6) is -1.17. The van der Waals surface area contributed by atoms with Crippen molar-refractivity contribution in [2.45, 2.75) is 39.7 Å². The molecule has 0 aromatic heterocycles. The number of rotatable bonds is 9. The highest BCUT2D eigenvalue weighted by Crippen LogP contribution is 2.07. The Kier molecular flexibility index (Phi) is 9.06. The van der Waals surface area contributed by atoms with Crippen LogP contribution in [-0.4, -0.2) is 37.1 Å². The molecule has 0 unspecified atom stereocenters. The number of ether oxygens (including phenoxy) is 1. The Morgan fingerprint density at radius 2 is 1.80 bits per heavy atom. The van der Waals surface area contributed by atoms with E-state index in [1.807, 2.05) is 13.0 Å². The van der Waals surface area contributed by atoms with Crippen molar-refractivity contribution in [1.82, 2.24) is 10.6 Å². The van der Waals surface area contributed by atoms with Crippen LogP contribution in [0.5, 0.6) is 0 Å². The summed E-state index contributed by atoms with van der Waals surface area (Å²) in [5, 5.41) is 7.89. The molecule has 3 N–H and O–H groups in total. The first-order valence-electron chi connectivity index (χ1n) is 8.50. The van der Waals surface area contributed by atoms with Gasteiger partial charge in [-0.3, -0.25) is 4.79 Å². The zero-order valence-electron chi connectivity index (χ0n) is 15.0. The predicted octanol–water partition coefficient (Wildman–Crippen LogP) is 2.29. The first kappa shape index (κ1) is 20.5. The second-order valence-electron chi connectivity index (χ2n) is 6.00. The number of anilines is 1. The second-order valence-corrected chi connectivity index (χ2v) is 6.00. The lowest BCUT2D eigenvalue weighted by atomic mass is 10.1. The summed E-state index contributed by atoms with van der Waals surface area (Å²) in [6.45, 7) is 5.80. The van der Waals surface area contributed by atoms with Gasteiger partial charge in [0, 0.05) is 12.2 Å². The normalized spacial score (nSPS) is 11.5. The molecule has 1 atom stereocenters. The van der Waals surface area contributed by atoms with Crippen LogP contribution in [0.3, 0.4) is 0 Å². The molecule has 0 aliphatic rings. The van der Waals surface area contributed by atoms with E-state index in [1.165, 1.54) is 0 Å². The van der Waals surface area contributed by atoms with Gasteiger partial charge in [0.1, 0.15) is 6.04 Å². The molecule has 0 bridgehead atoms. The van der Waals surface area contributed by atoms with Crippen LogP contribution in [-0.2, 0) is 14.3 Å². The molecule has 25 heavy (non-hydrogen) atoms. The van der Waals surface area contributed by atoms with E-state index in [9.17, 15) is 14.4 Å². The van der Waals surface area contributed by atoms with Gasteiger partial charge in [-0.1, -0.05) is 45.4 Å². The minimum Gasteiger partial charge on any atom is -0.454 e. The SMILES string of the molecule is CCCCNC(=O)COC(=O)[C@H](NC(=O)Nc1ccccc1)C(C)C. The molecule has 0 fully saturated rings. The molecule has 7 nitrogen and oxygen atoms in total. The van der Waals surface area contributed by atoms with Crippen LogP contribution in [0.4, 0.5) is 10.5 Å². The lowest BCUT2D eigenvalue weighted by molar-refractivity contribution is -0.151. The number of para-hydroxylation sites is 1. The van der Waals surface area contributed by atoms with E-state index in [-0.39, 0.29) is 18.4 Å². The maximum absolute atomic E-state index is 12.2. The number of hydrogen-bond donors (Lipinski definition) is 3. The van der Waals surface area contributed by atoms with Gasteiger partial charge in [0.05, 0.1) is 0 Å². The average molecular weight is 349 g/mol. The molecule has 0 saturated heterocycles. The largest absolute Gasteiger partial charge is 0.454 e. The number of carbonyl (C=O) groups excluding carboxylic acids is 3. The summed E-state index contributed by atoms with van der Waals surface area (Å²) in [6, 6.07) is 7.55. The summed E-state index contributed by atoms with van der Waals surface area (Å²) in [6.07, 6.45) is 1.84. The zero-order valence-corrected chi connectivity index (χ0v) is 15.0. The van der Waals surface area contributed by atoms with Gasteiger partial charge in [0.2, 0.25) is 0 Å². The number of amides is 3. The Hall–Kier alpha value is -2.57. The molecule has 3 amide bonds. The van der Waals surface area contributed by atoms with Crippen LogP contribution in [0.25, 0.3) is 0 Å². The Labute approximate surface area is 148 Å². The van der Waals surface area contributed by atoms with Crippen LogP contribution >= 0.6 is 0 Å². The molecule has 1 aromatic rings. The summed E-state index contributed by atoms with van der Waals surface area (Å²) in [4.78, 5) is 35.8. The lowest BCUT2D eigenvalue weighted by Gasteiger charge is -2.21. The van der Waals surface area contributed by atoms with E-state index < -0.39 is 18.0 Å². The van der Waals surface area contributed by atoms with Gasteiger partial charge in [-0.25, -0.2) is 9.59 Å². The Bertz CT molecular complexity index is 561. The summed E-state index contributed by atoms with van der Waals surface area (Å²) >= 11 is 0. The van der Waals surface area contributed by atoms with Gasteiger partial charge < -0.3 is 20.7 Å². The molecular weight excluding hydrogens is 322 g/mol. The van der Waals surface area contributed by atoms with Crippen LogP contribution in [0, 0.1) is 5.92 Å². The van der Waals surface area contributed by atoms with E-state index in [2.05, 4.69) is 16.0 Å². The molecule has 1 aromatic carbocycles. The van der Waals surface area contributed by atoms with Crippen molar-refractivity contribution < 1.29 is 19.1 Å². The predicted molar refractivity (Wildman–Crippen MR) is 96.1 cm³/mol. The van der Waals surface area contributed by atoms with Crippen LogP contribution in [0.1, 0.15) is 33.6 Å². The molecule has 0 heterocycles. The molecule has 0 spiro atoms. The van der Waals surface area contributed by atoms with Crippen molar-refractivity contribution in [2.75, 3.05) is 18.5 Å². The minimum atomic E-state index is -0.841. The quantitative estimate of drug-likeness (QED) is 0.471. The highest BCUT2D eigenvalue weighted by Gasteiger charge is 2.26. The van der Waals surface area contributed by atoms with Crippen LogP contribution < -0.4 is 16.0 Å². The molecule has 0 radical (unpaired) electrons. The Balaban J connectivity index is 2.47. The fraction of sp³-hybridized carbons (Fsp3) is 0.500. The maximum Gasteiger partial charge on any atom is 0.329 e. The molecule has 1 rings (SSSR count). The van der Waals surface area contributed by atoms with Crippen molar-refractivity contribution in [3.63, 3.8) is 0 Å². The monoisotopic (exact) mass is 349 g/mol. The van der Waals surface area contributed by atoms with Crippen LogP contribution in [0.2, 0.25) is 0 Å². The van der Waals surface area contributed by atoms with Gasteiger partial charge >= 0.3 is 12.0 Å². The number of nitrogens with one attached hydrogen (secondary N) is 3. The van der Waals surface area contributed by atoms with E-state index in [1.54, 1.807) is 38.1 Å². The smallest absolute Gasteiger partial charge is 0.329 e. The zero-order chi connectivity index (χ0) is 18.7. The van der Waals surface area contributed by atoms with Crippen molar-refractivity contribution in [3.05, 3.63) is 30.3 Å². The van der Waals surface area contributed by atoms with Crippen molar-refractivity contribution >= 4 is 23.6 Å². The van der Waals surface area contributed by atoms with Crippen molar-refractivity contribution in [3.8, 4) is 0 Å². The van der Waals surface area contributed by atoms with E-state index in [4.69, 9.17) is 4.74 Å². The summed E-state index contributed by atoms with van der Waals surface area (Å²) in [7, 11) is 0. The topological polar surface area (TPSA) is 96.5 Å². The van der Waals surface area contributed by atoms with E-state index >= 15 is 0 Å². The molecule has 7 heteroatoms. The number of esters is 1. The average Bonchev–Trinajstić information content (AvgIpc) is 2.58. The van der Waals surface area contributed by atoms with Gasteiger partial charge in [-0.05, 0) is 24.5 Å². The Morgan fingerprint density at radius 1 is 1.12 bits per heavy atom. The number of benzene rings is 1. The van der Waals surface area contributed by atoms with Crippen molar-refractivity contribution in [1.29, 1.82) is 0 Å². The summed E-state index contributed by atoms with van der Waals surface area (Å²) in [5.41, 5.74) is 0.617. The van der Waals surface area contributed by atoms with Gasteiger partial charge in [-0.15, -0.1) is 0 Å². The number of unbranched alkanes of at least 4 members (excludes halogenated alkanes) is 1. The van der Waals surface area contributed by atoms with Crippen molar-refractivity contribution in [2.24, 2.45) is 5.92 Å². The molecule has 0 aliphatic heterocycles. The standard InChI is InChI=1S/C18H27N3O4/c1-4-5-11-19-15(22)12-25-17(23)16(13(2)3)21-18(24)20-14-9-7-6-8-10-14/h6-10,13,16H,4-5,11-12H2,1-3H3,(H,19,22)(H2,20,21,24)/t16-/m1/s1. The number of carbonyl (C=O) groups is 3.